The molecule has 0 amide bonds. The molecule has 0 bridgehead atoms. The quantitative estimate of drug-likeness (QED) is 0.770. The molecule has 0 radical (unpaired) electrons. The molecule has 6 nitrogen and oxygen atoms in total. The second-order valence-electron chi connectivity index (χ2n) is 6.21. The summed E-state index contributed by atoms with van der Waals surface area (Å²) >= 11 is 1.88. The topological polar surface area (TPSA) is 85.1 Å². The van der Waals surface area contributed by atoms with E-state index in [9.17, 15) is 21.6 Å². The average molecular weight is 421 g/mol. The molecular weight excluding hydrogens is 403 g/mol. The van der Waals surface area contributed by atoms with Crippen molar-refractivity contribution in [3.8, 4) is 0 Å². The number of hydrogen-bond acceptors (Lipinski definition) is 6. The molecule has 1 fully saturated rings. The highest BCUT2D eigenvalue weighted by atomic mass is 32.2. The van der Waals surface area contributed by atoms with E-state index in [-0.39, 0.29) is 23.9 Å². The van der Waals surface area contributed by atoms with E-state index < -0.39 is 27.5 Å². The molecule has 0 atom stereocenters. The third kappa shape index (κ3) is 5.69. The number of hydrogen-bond donors (Lipinski definition) is 1. The van der Waals surface area contributed by atoms with Crippen LogP contribution in [0, 0.1) is 0 Å². The summed E-state index contributed by atoms with van der Waals surface area (Å²) < 4.78 is 69.3. The zero-order chi connectivity index (χ0) is 19.5. The van der Waals surface area contributed by atoms with Gasteiger partial charge in [0.2, 0.25) is 15.9 Å². The summed E-state index contributed by atoms with van der Waals surface area (Å²) in [5.74, 6) is 2.62. The van der Waals surface area contributed by atoms with Gasteiger partial charge in [-0.15, -0.1) is 0 Å². The molecule has 3 rings (SSSR count). The lowest BCUT2D eigenvalue weighted by Gasteiger charge is -2.17. The molecule has 0 spiro atoms. The molecule has 0 aliphatic carbocycles. The van der Waals surface area contributed by atoms with Gasteiger partial charge >= 0.3 is 6.18 Å². The highest BCUT2D eigenvalue weighted by molar-refractivity contribution is 7.99. The van der Waals surface area contributed by atoms with Gasteiger partial charge in [0.1, 0.15) is 0 Å². The lowest BCUT2D eigenvalue weighted by atomic mass is 10.0. The molecule has 1 aliphatic heterocycles. The van der Waals surface area contributed by atoms with Gasteiger partial charge in [-0.25, -0.2) is 13.1 Å². The summed E-state index contributed by atoms with van der Waals surface area (Å²) in [6.45, 7) is -0.155. The Hall–Kier alpha value is -1.59. The Morgan fingerprint density at radius 3 is 2.48 bits per heavy atom. The summed E-state index contributed by atoms with van der Waals surface area (Å²) in [5.41, 5.74) is -0.572. The highest BCUT2D eigenvalue weighted by Crippen LogP contribution is 2.30. The first-order chi connectivity index (χ1) is 12.7. The largest absolute Gasteiger partial charge is 0.416 e. The summed E-state index contributed by atoms with van der Waals surface area (Å²) in [5, 5.41) is 3.92. The molecule has 1 aromatic heterocycles. The number of halogens is 3. The van der Waals surface area contributed by atoms with E-state index in [1.807, 2.05) is 11.8 Å². The minimum absolute atomic E-state index is 0.155. The number of nitrogens with one attached hydrogen (secondary N) is 1. The zero-order valence-corrected chi connectivity index (χ0v) is 15.8. The lowest BCUT2D eigenvalue weighted by Crippen LogP contribution is -2.25. The molecule has 27 heavy (non-hydrogen) atoms. The van der Waals surface area contributed by atoms with Crippen LogP contribution >= 0.6 is 11.8 Å². The van der Waals surface area contributed by atoms with Crippen LogP contribution in [0.15, 0.2) is 28.8 Å². The van der Waals surface area contributed by atoms with Crippen molar-refractivity contribution >= 4 is 21.8 Å². The van der Waals surface area contributed by atoms with Gasteiger partial charge in [-0.1, -0.05) is 17.3 Å². The maximum absolute atomic E-state index is 12.5. The van der Waals surface area contributed by atoms with Gasteiger partial charge in [-0.2, -0.15) is 29.9 Å². The Labute approximate surface area is 159 Å². The molecule has 1 aliphatic rings. The predicted octanol–water partition coefficient (Wildman–Crippen LogP) is 3.32. The van der Waals surface area contributed by atoms with Gasteiger partial charge < -0.3 is 4.52 Å². The molecule has 2 aromatic rings. The van der Waals surface area contributed by atoms with Crippen LogP contribution in [0.3, 0.4) is 0 Å². The summed E-state index contributed by atoms with van der Waals surface area (Å²) in [6, 6.07) is 4.01. The van der Waals surface area contributed by atoms with Crippen molar-refractivity contribution in [1.82, 2.24) is 14.9 Å². The van der Waals surface area contributed by atoms with E-state index in [1.54, 1.807) is 0 Å². The minimum Gasteiger partial charge on any atom is -0.338 e. The third-order valence-corrected chi connectivity index (χ3v) is 6.50. The maximum Gasteiger partial charge on any atom is 0.416 e. The fraction of sp³-hybridized carbons (Fsp3) is 0.500. The number of benzene rings is 1. The maximum atomic E-state index is 12.5. The fourth-order valence-corrected chi connectivity index (χ4v) is 4.88. The fourth-order valence-electron chi connectivity index (χ4n) is 2.69. The van der Waals surface area contributed by atoms with Crippen molar-refractivity contribution in [3.63, 3.8) is 0 Å². The molecular formula is C16H18F3N3O3S2. The number of nitrogens with zero attached hydrogens (tertiary/aromatic N) is 2. The Morgan fingerprint density at radius 2 is 1.85 bits per heavy atom. The standard InChI is InChI=1S/C16H18F3N3O3S2/c17-16(18,19)13-3-1-11(2-4-13)10-27(23,24)20-9-14-21-15(22-25-14)12-5-7-26-8-6-12/h1-4,12,20H,5-10H2. The van der Waals surface area contributed by atoms with Crippen LogP contribution in [0.2, 0.25) is 0 Å². The molecule has 148 valence electrons. The van der Waals surface area contributed by atoms with Crippen molar-refractivity contribution in [2.45, 2.75) is 37.2 Å². The van der Waals surface area contributed by atoms with Crippen molar-refractivity contribution in [1.29, 1.82) is 0 Å². The molecule has 11 heteroatoms. The minimum atomic E-state index is -4.46. The van der Waals surface area contributed by atoms with Crippen molar-refractivity contribution in [3.05, 3.63) is 47.1 Å². The summed E-state index contributed by atoms with van der Waals surface area (Å²) in [6.07, 6.45) is -2.53. The van der Waals surface area contributed by atoms with Crippen LogP contribution in [0.5, 0.6) is 0 Å². The number of alkyl halides is 3. The van der Waals surface area contributed by atoms with E-state index in [4.69, 9.17) is 4.52 Å². The summed E-state index contributed by atoms with van der Waals surface area (Å²) in [4.78, 5) is 4.24. The monoisotopic (exact) mass is 421 g/mol. The average Bonchev–Trinajstić information content (AvgIpc) is 3.09. The van der Waals surface area contributed by atoms with Crippen LogP contribution in [0.4, 0.5) is 13.2 Å². The molecule has 0 unspecified atom stereocenters. The number of thioether (sulfide) groups is 1. The first-order valence-corrected chi connectivity index (χ1v) is 11.1. The zero-order valence-electron chi connectivity index (χ0n) is 14.2. The van der Waals surface area contributed by atoms with Crippen LogP contribution < -0.4 is 4.72 Å². The first kappa shape index (κ1) is 20.2. The number of rotatable bonds is 6. The highest BCUT2D eigenvalue weighted by Gasteiger charge is 2.30. The van der Waals surface area contributed by atoms with E-state index in [1.165, 1.54) is 0 Å². The van der Waals surface area contributed by atoms with Crippen molar-refractivity contribution in [2.75, 3.05) is 11.5 Å². The van der Waals surface area contributed by atoms with Crippen molar-refractivity contribution < 1.29 is 26.1 Å². The van der Waals surface area contributed by atoms with Gasteiger partial charge in [-0.3, -0.25) is 0 Å². The Bertz CT molecular complexity index is 861. The number of aromatic nitrogens is 2. The van der Waals surface area contributed by atoms with Crippen molar-refractivity contribution in [2.24, 2.45) is 0 Å². The van der Waals surface area contributed by atoms with Gasteiger partial charge in [0, 0.05) is 5.92 Å². The van der Waals surface area contributed by atoms with Crippen LogP contribution in [0.25, 0.3) is 0 Å². The molecule has 1 aromatic carbocycles. The molecule has 1 N–H and O–H groups in total. The van der Waals surface area contributed by atoms with Gasteiger partial charge in [-0.05, 0) is 42.0 Å². The molecule has 2 heterocycles. The van der Waals surface area contributed by atoms with E-state index in [0.29, 0.717) is 5.82 Å². The Balaban J connectivity index is 1.56. The SMILES string of the molecule is O=S(=O)(Cc1ccc(C(F)(F)F)cc1)NCc1nc(C2CCSCC2)no1. The van der Waals surface area contributed by atoms with Crippen LogP contribution in [-0.2, 0) is 28.5 Å². The second kappa shape index (κ2) is 8.19. The van der Waals surface area contributed by atoms with Gasteiger partial charge in [0.15, 0.2) is 5.82 Å². The normalized spacial score (nSPS) is 16.6. The molecule has 1 saturated heterocycles. The Kier molecular flexibility index (Phi) is 6.11. The number of sulfonamides is 1. The van der Waals surface area contributed by atoms with Crippen LogP contribution in [-0.4, -0.2) is 30.1 Å². The first-order valence-electron chi connectivity index (χ1n) is 8.27. The summed E-state index contributed by atoms with van der Waals surface area (Å²) in [7, 11) is -3.76. The van der Waals surface area contributed by atoms with E-state index in [2.05, 4.69) is 14.9 Å². The van der Waals surface area contributed by atoms with Crippen LogP contribution in [0.1, 0.15) is 41.6 Å². The Morgan fingerprint density at radius 1 is 1.19 bits per heavy atom. The van der Waals surface area contributed by atoms with Gasteiger partial charge in [0.05, 0.1) is 17.9 Å². The van der Waals surface area contributed by atoms with Gasteiger partial charge in [0.25, 0.3) is 0 Å². The lowest BCUT2D eigenvalue weighted by molar-refractivity contribution is -0.137. The third-order valence-electron chi connectivity index (χ3n) is 4.15. The smallest absolute Gasteiger partial charge is 0.338 e. The van der Waals surface area contributed by atoms with E-state index in [0.717, 1.165) is 48.6 Å². The van der Waals surface area contributed by atoms with E-state index >= 15 is 0 Å². The molecule has 0 saturated carbocycles. The second-order valence-corrected chi connectivity index (χ2v) is 9.24. The predicted molar refractivity (Wildman–Crippen MR) is 94.5 cm³/mol.